The lowest BCUT2D eigenvalue weighted by atomic mass is 9.92. The van der Waals surface area contributed by atoms with E-state index in [4.69, 9.17) is 9.84 Å². The summed E-state index contributed by atoms with van der Waals surface area (Å²) in [5, 5.41) is 9.07. The molecule has 0 spiro atoms. The summed E-state index contributed by atoms with van der Waals surface area (Å²) in [6.07, 6.45) is 1.27. The van der Waals surface area contributed by atoms with Crippen LogP contribution in [0.25, 0.3) is 0 Å². The Morgan fingerprint density at radius 1 is 1.50 bits per heavy atom. The van der Waals surface area contributed by atoms with E-state index in [1.54, 1.807) is 0 Å². The first-order valence-corrected chi connectivity index (χ1v) is 5.30. The van der Waals surface area contributed by atoms with Crippen LogP contribution in [0.4, 0.5) is 0 Å². The molecular weight excluding hydrogens is 180 g/mol. The zero-order valence-electron chi connectivity index (χ0n) is 8.99. The maximum absolute atomic E-state index is 11.0. The van der Waals surface area contributed by atoms with Crippen molar-refractivity contribution in [2.45, 2.75) is 33.3 Å². The number of hydrogen-bond acceptors (Lipinski definition) is 2. The van der Waals surface area contributed by atoms with Crippen molar-refractivity contribution in [3.63, 3.8) is 0 Å². The maximum atomic E-state index is 11.0. The highest BCUT2D eigenvalue weighted by molar-refractivity contribution is 5.75. The number of hydrogen-bond donors (Lipinski definition) is 1. The largest absolute Gasteiger partial charge is 0.481 e. The Morgan fingerprint density at radius 2 is 2.14 bits per heavy atom. The Balaban J connectivity index is 2.10. The van der Waals surface area contributed by atoms with Gasteiger partial charge in [-0.2, -0.15) is 0 Å². The van der Waals surface area contributed by atoms with Crippen molar-refractivity contribution in [1.82, 2.24) is 0 Å². The molecule has 14 heavy (non-hydrogen) atoms. The van der Waals surface area contributed by atoms with Crippen LogP contribution < -0.4 is 0 Å². The molecule has 1 N–H and O–H groups in total. The molecule has 0 aromatic rings. The van der Waals surface area contributed by atoms with Crippen molar-refractivity contribution >= 4 is 5.97 Å². The number of carbonyl (C=O) groups is 1. The molecule has 0 aromatic carbocycles. The normalized spacial score (nSPS) is 45.1. The molecule has 3 heteroatoms. The van der Waals surface area contributed by atoms with Crippen molar-refractivity contribution in [1.29, 1.82) is 0 Å². The number of carboxylic acids is 1. The first-order chi connectivity index (χ1) is 6.46. The van der Waals surface area contributed by atoms with Crippen LogP contribution in [0.1, 0.15) is 27.2 Å². The van der Waals surface area contributed by atoms with Crippen LogP contribution in [0.3, 0.4) is 0 Å². The molecule has 0 radical (unpaired) electrons. The third kappa shape index (κ3) is 1.26. The lowest BCUT2D eigenvalue weighted by Gasteiger charge is -2.14. The molecule has 80 valence electrons. The summed E-state index contributed by atoms with van der Waals surface area (Å²) in [4.78, 5) is 11.0. The molecule has 1 aliphatic heterocycles. The predicted octanol–water partition coefficient (Wildman–Crippen LogP) is 1.77. The van der Waals surface area contributed by atoms with Crippen LogP contribution in [0.15, 0.2) is 0 Å². The summed E-state index contributed by atoms with van der Waals surface area (Å²) >= 11 is 0. The molecule has 4 unspecified atom stereocenters. The average Bonchev–Trinajstić information content (AvgIpc) is 2.42. The van der Waals surface area contributed by atoms with E-state index in [9.17, 15) is 4.79 Å². The van der Waals surface area contributed by atoms with Gasteiger partial charge in [0.1, 0.15) is 0 Å². The Kier molecular flexibility index (Phi) is 2.11. The summed E-state index contributed by atoms with van der Waals surface area (Å²) in [5.41, 5.74) is -0.0293. The van der Waals surface area contributed by atoms with Crippen molar-refractivity contribution in [3.8, 4) is 0 Å². The molecule has 0 bridgehead atoms. The third-order valence-electron chi connectivity index (χ3n) is 4.07. The van der Waals surface area contributed by atoms with E-state index in [1.165, 1.54) is 0 Å². The van der Waals surface area contributed by atoms with Gasteiger partial charge >= 0.3 is 5.97 Å². The first-order valence-electron chi connectivity index (χ1n) is 5.30. The smallest absolute Gasteiger partial charge is 0.307 e. The predicted molar refractivity (Wildman–Crippen MR) is 51.9 cm³/mol. The SMILES string of the molecule is CC1OCCC1C1C(C(=O)O)C1(C)C. The van der Waals surface area contributed by atoms with Gasteiger partial charge in [0, 0.05) is 6.61 Å². The Labute approximate surface area is 84.4 Å². The third-order valence-corrected chi connectivity index (χ3v) is 4.07. The fraction of sp³-hybridized carbons (Fsp3) is 0.909. The maximum Gasteiger partial charge on any atom is 0.307 e. The zero-order chi connectivity index (χ0) is 10.5. The fourth-order valence-corrected chi connectivity index (χ4v) is 3.17. The second kappa shape index (κ2) is 2.96. The van der Waals surface area contributed by atoms with Crippen molar-refractivity contribution < 1.29 is 14.6 Å². The monoisotopic (exact) mass is 198 g/mol. The number of aliphatic carboxylic acids is 1. The Hall–Kier alpha value is -0.570. The van der Waals surface area contributed by atoms with Crippen LogP contribution in [0, 0.1) is 23.2 Å². The van der Waals surface area contributed by atoms with Crippen LogP contribution in [-0.2, 0) is 9.53 Å². The highest BCUT2D eigenvalue weighted by Crippen LogP contribution is 2.63. The lowest BCUT2D eigenvalue weighted by Crippen LogP contribution is -2.16. The van der Waals surface area contributed by atoms with Gasteiger partial charge < -0.3 is 9.84 Å². The molecule has 2 aliphatic rings. The fourth-order valence-electron chi connectivity index (χ4n) is 3.17. The molecule has 1 aliphatic carbocycles. The molecule has 0 aromatic heterocycles. The van der Waals surface area contributed by atoms with Crippen molar-refractivity contribution in [2.75, 3.05) is 6.61 Å². The minimum Gasteiger partial charge on any atom is -0.481 e. The topological polar surface area (TPSA) is 46.5 Å². The Morgan fingerprint density at radius 3 is 2.50 bits per heavy atom. The summed E-state index contributed by atoms with van der Waals surface area (Å²) in [6, 6.07) is 0. The molecule has 4 atom stereocenters. The molecule has 0 amide bonds. The number of carboxylic acid groups (broad SMARTS) is 1. The van der Waals surface area contributed by atoms with Gasteiger partial charge in [-0.15, -0.1) is 0 Å². The molecular formula is C11H18O3. The summed E-state index contributed by atoms with van der Waals surface area (Å²) in [7, 11) is 0. The molecule has 2 fully saturated rings. The van der Waals surface area contributed by atoms with Crippen LogP contribution >= 0.6 is 0 Å². The second-order valence-corrected chi connectivity index (χ2v) is 5.19. The van der Waals surface area contributed by atoms with E-state index in [-0.39, 0.29) is 17.4 Å². The Bertz CT molecular complexity index is 259. The van der Waals surface area contributed by atoms with E-state index in [1.807, 2.05) is 0 Å². The number of ether oxygens (including phenoxy) is 1. The van der Waals surface area contributed by atoms with E-state index >= 15 is 0 Å². The van der Waals surface area contributed by atoms with Crippen LogP contribution in [0.2, 0.25) is 0 Å². The highest BCUT2D eigenvalue weighted by atomic mass is 16.5. The van der Waals surface area contributed by atoms with Gasteiger partial charge in [-0.25, -0.2) is 0 Å². The van der Waals surface area contributed by atoms with E-state index < -0.39 is 5.97 Å². The van der Waals surface area contributed by atoms with Crippen molar-refractivity contribution in [2.24, 2.45) is 23.2 Å². The van der Waals surface area contributed by atoms with Gasteiger partial charge in [0.2, 0.25) is 0 Å². The second-order valence-electron chi connectivity index (χ2n) is 5.19. The standard InChI is InChI=1S/C11H18O3/c1-6-7(4-5-14-6)8-9(10(12)13)11(8,2)3/h6-9H,4-5H2,1-3H3,(H,12,13). The lowest BCUT2D eigenvalue weighted by molar-refractivity contribution is -0.139. The van der Waals surface area contributed by atoms with Gasteiger partial charge in [0.15, 0.2) is 0 Å². The van der Waals surface area contributed by atoms with Gasteiger partial charge in [-0.05, 0) is 30.6 Å². The first kappa shape index (κ1) is 9.97. The number of rotatable bonds is 2. The summed E-state index contributed by atoms with van der Waals surface area (Å²) in [6.45, 7) is 6.97. The molecule has 3 nitrogen and oxygen atoms in total. The summed E-state index contributed by atoms with van der Waals surface area (Å²) in [5.74, 6) is -0.0284. The van der Waals surface area contributed by atoms with Gasteiger partial charge in [-0.3, -0.25) is 4.79 Å². The molecule has 1 heterocycles. The van der Waals surface area contributed by atoms with Gasteiger partial charge in [-0.1, -0.05) is 13.8 Å². The quantitative estimate of drug-likeness (QED) is 0.735. The summed E-state index contributed by atoms with van der Waals surface area (Å²) < 4.78 is 5.50. The zero-order valence-corrected chi connectivity index (χ0v) is 8.99. The van der Waals surface area contributed by atoms with Gasteiger partial charge in [0.25, 0.3) is 0 Å². The van der Waals surface area contributed by atoms with Crippen molar-refractivity contribution in [3.05, 3.63) is 0 Å². The minimum atomic E-state index is -0.640. The highest BCUT2D eigenvalue weighted by Gasteiger charge is 2.65. The van der Waals surface area contributed by atoms with Gasteiger partial charge in [0.05, 0.1) is 12.0 Å². The van der Waals surface area contributed by atoms with E-state index in [0.29, 0.717) is 11.8 Å². The van der Waals surface area contributed by atoms with Crippen LogP contribution in [0.5, 0.6) is 0 Å². The van der Waals surface area contributed by atoms with Crippen LogP contribution in [-0.4, -0.2) is 23.8 Å². The van der Waals surface area contributed by atoms with E-state index in [0.717, 1.165) is 13.0 Å². The van der Waals surface area contributed by atoms with E-state index in [2.05, 4.69) is 20.8 Å². The molecule has 2 rings (SSSR count). The minimum absolute atomic E-state index is 0.0293. The average molecular weight is 198 g/mol. The molecule has 1 saturated carbocycles. The molecule has 1 saturated heterocycles.